The molecule has 0 fully saturated rings. The van der Waals surface area contributed by atoms with E-state index in [1.54, 1.807) is 49.5 Å². The summed E-state index contributed by atoms with van der Waals surface area (Å²) in [7, 11) is -4.05. The molecule has 39 heavy (non-hydrogen) atoms. The van der Waals surface area contributed by atoms with Gasteiger partial charge in [-0.1, -0.05) is 54.1 Å². The number of aryl methyl sites for hydroxylation is 3. The van der Waals surface area contributed by atoms with Crippen molar-refractivity contribution in [3.8, 4) is 5.69 Å². The number of sulfonamides is 1. The fourth-order valence-electron chi connectivity index (χ4n) is 4.65. The SMILES string of the molecule is Cc1cccc(C)c1-n1c(C)cc(/C=N\NC(=O)CN(c2cccc(Cl)c2C)S(=O)(=O)c2ccccc2)c1C. The second-order valence-corrected chi connectivity index (χ2v) is 11.7. The van der Waals surface area contributed by atoms with E-state index in [1.165, 1.54) is 12.1 Å². The fraction of sp³-hybridized carbons (Fsp3) is 0.200. The van der Waals surface area contributed by atoms with Crippen molar-refractivity contribution in [2.45, 2.75) is 39.5 Å². The van der Waals surface area contributed by atoms with Gasteiger partial charge in [0.05, 0.1) is 22.5 Å². The van der Waals surface area contributed by atoms with Crippen LogP contribution >= 0.6 is 11.6 Å². The number of nitrogens with zero attached hydrogens (tertiary/aromatic N) is 3. The molecule has 0 saturated carbocycles. The van der Waals surface area contributed by atoms with Gasteiger partial charge in [0.2, 0.25) is 0 Å². The van der Waals surface area contributed by atoms with E-state index in [2.05, 4.69) is 41.1 Å². The predicted octanol–water partition coefficient (Wildman–Crippen LogP) is 6.02. The van der Waals surface area contributed by atoms with Crippen LogP contribution in [-0.2, 0) is 14.8 Å². The molecular formula is C30H31ClN4O3S. The Morgan fingerprint density at radius 1 is 0.949 bits per heavy atom. The number of anilines is 1. The number of halogens is 1. The number of para-hydroxylation sites is 1. The first-order valence-electron chi connectivity index (χ1n) is 12.4. The topological polar surface area (TPSA) is 83.8 Å². The molecule has 9 heteroatoms. The molecule has 0 saturated heterocycles. The Labute approximate surface area is 234 Å². The molecule has 0 aliphatic heterocycles. The normalized spacial score (nSPS) is 11.6. The zero-order chi connectivity index (χ0) is 28.3. The number of benzene rings is 3. The largest absolute Gasteiger partial charge is 0.317 e. The van der Waals surface area contributed by atoms with Crippen LogP contribution in [0.15, 0.2) is 82.8 Å². The van der Waals surface area contributed by atoms with E-state index in [-0.39, 0.29) is 4.90 Å². The van der Waals surface area contributed by atoms with Gasteiger partial charge in [-0.15, -0.1) is 0 Å². The van der Waals surface area contributed by atoms with Crippen molar-refractivity contribution in [2.24, 2.45) is 5.10 Å². The van der Waals surface area contributed by atoms with Crippen molar-refractivity contribution in [3.63, 3.8) is 0 Å². The van der Waals surface area contributed by atoms with E-state index in [0.717, 1.165) is 38.1 Å². The number of carbonyl (C=O) groups excluding carboxylic acids is 1. The summed E-state index contributed by atoms with van der Waals surface area (Å²) in [5, 5.41) is 4.55. The number of nitrogens with one attached hydrogen (secondary N) is 1. The molecule has 1 heterocycles. The number of hydrogen-bond acceptors (Lipinski definition) is 4. The summed E-state index contributed by atoms with van der Waals surface area (Å²) in [5.41, 5.74) is 9.65. The summed E-state index contributed by atoms with van der Waals surface area (Å²) < 4.78 is 30.4. The second kappa shape index (κ2) is 11.5. The van der Waals surface area contributed by atoms with Crippen LogP contribution in [0.5, 0.6) is 0 Å². The maximum Gasteiger partial charge on any atom is 0.264 e. The highest BCUT2D eigenvalue weighted by atomic mass is 35.5. The van der Waals surface area contributed by atoms with Crippen molar-refractivity contribution in [1.29, 1.82) is 0 Å². The van der Waals surface area contributed by atoms with Gasteiger partial charge in [0.15, 0.2) is 0 Å². The minimum Gasteiger partial charge on any atom is -0.317 e. The van der Waals surface area contributed by atoms with Gasteiger partial charge in [-0.2, -0.15) is 5.10 Å². The Balaban J connectivity index is 1.60. The molecule has 1 aromatic heterocycles. The van der Waals surface area contributed by atoms with Crippen LogP contribution in [-0.4, -0.2) is 31.7 Å². The highest BCUT2D eigenvalue weighted by Crippen LogP contribution is 2.31. The van der Waals surface area contributed by atoms with Crippen molar-refractivity contribution >= 4 is 39.4 Å². The third-order valence-corrected chi connectivity index (χ3v) is 8.84. The van der Waals surface area contributed by atoms with Gasteiger partial charge in [0.25, 0.3) is 15.9 Å². The third-order valence-electron chi connectivity index (χ3n) is 6.65. The summed E-state index contributed by atoms with van der Waals surface area (Å²) in [6.07, 6.45) is 1.57. The molecule has 4 rings (SSSR count). The molecule has 1 amide bonds. The van der Waals surface area contributed by atoms with Crippen molar-refractivity contribution in [2.75, 3.05) is 10.8 Å². The molecular weight excluding hydrogens is 532 g/mol. The van der Waals surface area contributed by atoms with Gasteiger partial charge in [0.1, 0.15) is 6.54 Å². The first-order chi connectivity index (χ1) is 18.5. The molecule has 0 unspecified atom stereocenters. The monoisotopic (exact) mass is 562 g/mol. The van der Waals surface area contributed by atoms with Gasteiger partial charge < -0.3 is 4.57 Å². The number of aromatic nitrogens is 1. The maximum atomic E-state index is 13.6. The summed E-state index contributed by atoms with van der Waals surface area (Å²) in [6.45, 7) is 9.41. The lowest BCUT2D eigenvalue weighted by molar-refractivity contribution is -0.119. The molecule has 0 spiro atoms. The number of rotatable bonds is 8. The molecule has 7 nitrogen and oxygen atoms in total. The summed E-state index contributed by atoms with van der Waals surface area (Å²) in [5.74, 6) is -0.589. The molecule has 4 aromatic rings. The lowest BCUT2D eigenvalue weighted by atomic mass is 10.1. The Kier molecular flexibility index (Phi) is 8.28. The first-order valence-corrected chi connectivity index (χ1v) is 14.2. The Bertz CT molecular complexity index is 1640. The molecule has 3 aromatic carbocycles. The Hall–Kier alpha value is -3.88. The van der Waals surface area contributed by atoms with Gasteiger partial charge in [-0.3, -0.25) is 9.10 Å². The van der Waals surface area contributed by atoms with Crippen LogP contribution < -0.4 is 9.73 Å². The van der Waals surface area contributed by atoms with Gasteiger partial charge in [-0.25, -0.2) is 13.8 Å². The first kappa shape index (κ1) is 28.1. The lowest BCUT2D eigenvalue weighted by Gasteiger charge is -2.25. The minimum absolute atomic E-state index is 0.0691. The van der Waals surface area contributed by atoms with Crippen LogP contribution in [0.1, 0.15) is 33.6 Å². The smallest absolute Gasteiger partial charge is 0.264 e. The highest BCUT2D eigenvalue weighted by molar-refractivity contribution is 7.92. The van der Waals surface area contributed by atoms with E-state index in [9.17, 15) is 13.2 Å². The van der Waals surface area contributed by atoms with Crippen molar-refractivity contribution < 1.29 is 13.2 Å². The number of hydrogen-bond donors (Lipinski definition) is 1. The summed E-state index contributed by atoms with van der Waals surface area (Å²) >= 11 is 6.29. The number of amides is 1. The van der Waals surface area contributed by atoms with Crippen molar-refractivity contribution in [3.05, 3.63) is 111 Å². The van der Waals surface area contributed by atoms with Gasteiger partial charge >= 0.3 is 0 Å². The van der Waals surface area contributed by atoms with Gasteiger partial charge in [0, 0.05) is 22.0 Å². The zero-order valence-corrected chi connectivity index (χ0v) is 24.1. The van der Waals surface area contributed by atoms with E-state index >= 15 is 0 Å². The lowest BCUT2D eigenvalue weighted by Crippen LogP contribution is -2.40. The van der Waals surface area contributed by atoms with Crippen LogP contribution in [0.2, 0.25) is 5.02 Å². The third kappa shape index (κ3) is 5.77. The number of hydrazone groups is 1. The Morgan fingerprint density at radius 2 is 1.59 bits per heavy atom. The Morgan fingerprint density at radius 3 is 2.26 bits per heavy atom. The molecule has 0 radical (unpaired) electrons. The number of carbonyl (C=O) groups is 1. The molecule has 0 aliphatic carbocycles. The molecule has 202 valence electrons. The molecule has 0 aliphatic rings. The van der Waals surface area contributed by atoms with E-state index < -0.39 is 22.5 Å². The van der Waals surface area contributed by atoms with Crippen LogP contribution in [0.25, 0.3) is 5.69 Å². The predicted molar refractivity (Wildman–Crippen MR) is 158 cm³/mol. The molecule has 0 atom stereocenters. The van der Waals surface area contributed by atoms with E-state index in [0.29, 0.717) is 16.3 Å². The fourth-order valence-corrected chi connectivity index (χ4v) is 6.32. The van der Waals surface area contributed by atoms with Crippen LogP contribution in [0.4, 0.5) is 5.69 Å². The van der Waals surface area contributed by atoms with E-state index in [4.69, 9.17) is 11.6 Å². The summed E-state index contributed by atoms with van der Waals surface area (Å²) in [6, 6.07) is 21.1. The average Bonchev–Trinajstić information content (AvgIpc) is 3.17. The highest BCUT2D eigenvalue weighted by Gasteiger charge is 2.28. The van der Waals surface area contributed by atoms with Crippen molar-refractivity contribution in [1.82, 2.24) is 9.99 Å². The summed E-state index contributed by atoms with van der Waals surface area (Å²) in [4.78, 5) is 13.1. The van der Waals surface area contributed by atoms with Crippen LogP contribution in [0.3, 0.4) is 0 Å². The van der Waals surface area contributed by atoms with E-state index in [1.807, 2.05) is 26.0 Å². The maximum absolute atomic E-state index is 13.6. The minimum atomic E-state index is -4.05. The molecule has 0 bridgehead atoms. The van der Waals surface area contributed by atoms with Crippen LogP contribution in [0, 0.1) is 34.6 Å². The quantitative estimate of drug-likeness (QED) is 0.210. The average molecular weight is 563 g/mol. The standard InChI is InChI=1S/C30H31ClN4O3S/c1-20-11-9-12-21(2)30(20)35-22(3)17-25(24(35)5)18-32-33-29(36)19-34(28-16-10-15-27(31)23(28)4)39(37,38)26-13-7-6-8-14-26/h6-18H,19H2,1-5H3,(H,33,36)/b32-18-. The van der Waals surface area contributed by atoms with Gasteiger partial charge in [-0.05, 0) is 81.6 Å². The zero-order valence-electron chi connectivity index (χ0n) is 22.6. The molecule has 1 N–H and O–H groups in total. The second-order valence-electron chi connectivity index (χ2n) is 9.40.